The summed E-state index contributed by atoms with van der Waals surface area (Å²) >= 11 is 8.02. The van der Waals surface area contributed by atoms with Crippen LogP contribution in [0.25, 0.3) is 11.1 Å². The van der Waals surface area contributed by atoms with Crippen LogP contribution in [0.2, 0.25) is 5.02 Å². The first kappa shape index (κ1) is 13.4. The van der Waals surface area contributed by atoms with E-state index in [0.717, 1.165) is 16.7 Å². The average molecular weight is 373 g/mol. The average Bonchev–Trinajstić information content (AvgIpc) is 2.38. The van der Waals surface area contributed by atoms with Gasteiger partial charge in [0.15, 0.2) is 0 Å². The molecule has 0 radical (unpaired) electrons. The Hall–Kier alpha value is -1.07. The number of alkyl halides is 1. The Labute approximate surface area is 124 Å². The number of hydrogen-bond acceptors (Lipinski definition) is 1. The first-order valence-electron chi connectivity index (χ1n) is 5.31. The lowest BCUT2D eigenvalue weighted by Gasteiger charge is -2.08. The monoisotopic (exact) mass is 372 g/mol. The standard InChI is InChI=1S/C14H10ClIO2/c15-12-4-2-1-3-11(12)9-5-7-10(8-6-9)13(16)14(17)18/h1-8,13H,(H,17,18). The van der Waals surface area contributed by atoms with Crippen molar-refractivity contribution in [2.75, 3.05) is 0 Å². The molecular weight excluding hydrogens is 363 g/mol. The maximum absolute atomic E-state index is 10.9. The third-order valence-corrected chi connectivity index (χ3v) is 4.19. The van der Waals surface area contributed by atoms with Crippen LogP contribution in [0.3, 0.4) is 0 Å². The van der Waals surface area contributed by atoms with E-state index in [0.29, 0.717) is 5.02 Å². The highest BCUT2D eigenvalue weighted by Gasteiger charge is 2.15. The zero-order chi connectivity index (χ0) is 13.1. The molecule has 2 nitrogen and oxygen atoms in total. The first-order valence-corrected chi connectivity index (χ1v) is 6.93. The van der Waals surface area contributed by atoms with Gasteiger partial charge in [0.05, 0.1) is 0 Å². The van der Waals surface area contributed by atoms with Gasteiger partial charge in [0.2, 0.25) is 0 Å². The molecule has 1 atom stereocenters. The minimum Gasteiger partial charge on any atom is -0.480 e. The zero-order valence-electron chi connectivity index (χ0n) is 9.31. The van der Waals surface area contributed by atoms with E-state index in [4.69, 9.17) is 16.7 Å². The van der Waals surface area contributed by atoms with Gasteiger partial charge in [-0.15, -0.1) is 0 Å². The molecule has 0 bridgehead atoms. The summed E-state index contributed by atoms with van der Waals surface area (Å²) in [5, 5.41) is 9.63. The molecule has 1 N–H and O–H groups in total. The molecule has 0 aliphatic rings. The molecule has 0 saturated carbocycles. The van der Waals surface area contributed by atoms with Crippen LogP contribution >= 0.6 is 34.2 Å². The van der Waals surface area contributed by atoms with E-state index >= 15 is 0 Å². The van der Waals surface area contributed by atoms with Gasteiger partial charge in [0.25, 0.3) is 0 Å². The second-order valence-electron chi connectivity index (χ2n) is 3.80. The lowest BCUT2D eigenvalue weighted by Crippen LogP contribution is -2.03. The summed E-state index contributed by atoms with van der Waals surface area (Å²) in [5.74, 6) is -0.832. The number of rotatable bonds is 3. The molecule has 0 spiro atoms. The normalized spacial score (nSPS) is 12.1. The number of halogens is 2. The fourth-order valence-electron chi connectivity index (χ4n) is 1.67. The summed E-state index contributed by atoms with van der Waals surface area (Å²) in [7, 11) is 0. The molecule has 1 unspecified atom stereocenters. The molecule has 0 amide bonds. The van der Waals surface area contributed by atoms with Crippen molar-refractivity contribution in [2.45, 2.75) is 3.92 Å². The van der Waals surface area contributed by atoms with Crippen LogP contribution < -0.4 is 0 Å². The van der Waals surface area contributed by atoms with Crippen molar-refractivity contribution in [3.63, 3.8) is 0 Å². The highest BCUT2D eigenvalue weighted by Crippen LogP contribution is 2.30. The molecule has 2 aromatic carbocycles. The van der Waals surface area contributed by atoms with E-state index in [1.165, 1.54) is 0 Å². The number of carbonyl (C=O) groups is 1. The van der Waals surface area contributed by atoms with Crippen molar-refractivity contribution in [2.24, 2.45) is 0 Å². The van der Waals surface area contributed by atoms with Crippen LogP contribution in [-0.2, 0) is 4.79 Å². The summed E-state index contributed by atoms with van der Waals surface area (Å²) in [6.45, 7) is 0. The van der Waals surface area contributed by atoms with Gasteiger partial charge >= 0.3 is 5.97 Å². The van der Waals surface area contributed by atoms with Gasteiger partial charge in [-0.2, -0.15) is 0 Å². The van der Waals surface area contributed by atoms with Crippen LogP contribution in [0.15, 0.2) is 48.5 Å². The van der Waals surface area contributed by atoms with Crippen molar-refractivity contribution >= 4 is 40.2 Å². The molecule has 0 aromatic heterocycles. The van der Waals surface area contributed by atoms with Crippen LogP contribution in [0, 0.1) is 0 Å². The van der Waals surface area contributed by atoms with Crippen LogP contribution in [-0.4, -0.2) is 11.1 Å². The molecule has 0 aliphatic heterocycles. The van der Waals surface area contributed by atoms with Gasteiger partial charge in [0, 0.05) is 10.6 Å². The molecule has 92 valence electrons. The van der Waals surface area contributed by atoms with Gasteiger partial charge in [0.1, 0.15) is 3.92 Å². The van der Waals surface area contributed by atoms with E-state index in [9.17, 15) is 4.79 Å². The molecule has 2 rings (SSSR count). The molecule has 0 aliphatic carbocycles. The topological polar surface area (TPSA) is 37.3 Å². The maximum Gasteiger partial charge on any atom is 0.320 e. The Morgan fingerprint density at radius 2 is 1.72 bits per heavy atom. The van der Waals surface area contributed by atoms with E-state index < -0.39 is 9.89 Å². The van der Waals surface area contributed by atoms with E-state index in [1.54, 1.807) is 0 Å². The van der Waals surface area contributed by atoms with Crippen molar-refractivity contribution in [1.29, 1.82) is 0 Å². The number of carboxylic acids is 1. The molecule has 0 fully saturated rings. The Morgan fingerprint density at radius 3 is 2.28 bits per heavy atom. The predicted molar refractivity (Wildman–Crippen MR) is 81.3 cm³/mol. The SMILES string of the molecule is O=C(O)C(I)c1ccc(-c2ccccc2Cl)cc1. The molecule has 18 heavy (non-hydrogen) atoms. The van der Waals surface area contributed by atoms with Crippen molar-refractivity contribution in [3.8, 4) is 11.1 Å². The van der Waals surface area contributed by atoms with E-state index in [-0.39, 0.29) is 0 Å². The highest BCUT2D eigenvalue weighted by molar-refractivity contribution is 14.1. The molecule has 2 aromatic rings. The Kier molecular flexibility index (Phi) is 4.24. The second-order valence-corrected chi connectivity index (χ2v) is 5.46. The Bertz CT molecular complexity index is 566. The van der Waals surface area contributed by atoms with Crippen LogP contribution in [0.4, 0.5) is 0 Å². The first-order chi connectivity index (χ1) is 8.59. The third kappa shape index (κ3) is 2.84. The smallest absolute Gasteiger partial charge is 0.320 e. The second kappa shape index (κ2) is 5.71. The fourth-order valence-corrected chi connectivity index (χ4v) is 2.33. The van der Waals surface area contributed by atoms with E-state index in [2.05, 4.69) is 0 Å². The van der Waals surface area contributed by atoms with Gasteiger partial charge < -0.3 is 5.11 Å². The number of hydrogen-bond donors (Lipinski definition) is 1. The van der Waals surface area contributed by atoms with Crippen LogP contribution in [0.1, 0.15) is 9.49 Å². The number of aliphatic carboxylic acids is 1. The molecule has 0 heterocycles. The molecule has 4 heteroatoms. The van der Waals surface area contributed by atoms with Crippen molar-refractivity contribution < 1.29 is 9.90 Å². The van der Waals surface area contributed by atoms with Gasteiger partial charge in [-0.25, -0.2) is 0 Å². The number of carboxylic acid groups (broad SMARTS) is 1. The summed E-state index contributed by atoms with van der Waals surface area (Å²) < 4.78 is -0.525. The summed E-state index contributed by atoms with van der Waals surface area (Å²) in [5.41, 5.74) is 2.71. The Morgan fingerprint density at radius 1 is 1.11 bits per heavy atom. The van der Waals surface area contributed by atoms with Gasteiger partial charge in [-0.1, -0.05) is 76.7 Å². The quantitative estimate of drug-likeness (QED) is 0.633. The minimum atomic E-state index is -0.832. The van der Waals surface area contributed by atoms with E-state index in [1.807, 2.05) is 71.1 Å². The Balaban J connectivity index is 2.34. The minimum absolute atomic E-state index is 0.525. The lowest BCUT2D eigenvalue weighted by atomic mass is 10.0. The zero-order valence-corrected chi connectivity index (χ0v) is 12.2. The van der Waals surface area contributed by atoms with Crippen LogP contribution in [0.5, 0.6) is 0 Å². The lowest BCUT2D eigenvalue weighted by molar-refractivity contribution is -0.136. The largest absolute Gasteiger partial charge is 0.480 e. The summed E-state index contributed by atoms with van der Waals surface area (Å²) in [6, 6.07) is 15.0. The number of benzene rings is 2. The summed E-state index contributed by atoms with van der Waals surface area (Å²) in [4.78, 5) is 10.9. The summed E-state index contributed by atoms with van der Waals surface area (Å²) in [6.07, 6.45) is 0. The van der Waals surface area contributed by atoms with Crippen molar-refractivity contribution in [3.05, 3.63) is 59.1 Å². The fraction of sp³-hybridized carbons (Fsp3) is 0.0714. The van der Waals surface area contributed by atoms with Crippen molar-refractivity contribution in [1.82, 2.24) is 0 Å². The predicted octanol–water partition coefficient (Wildman–Crippen LogP) is 4.57. The molecule has 0 saturated heterocycles. The molecular formula is C14H10ClIO2. The third-order valence-electron chi connectivity index (χ3n) is 2.61. The van der Waals surface area contributed by atoms with Gasteiger partial charge in [-0.3, -0.25) is 4.79 Å². The van der Waals surface area contributed by atoms with Gasteiger partial charge in [-0.05, 0) is 17.2 Å². The maximum atomic E-state index is 10.9. The highest BCUT2D eigenvalue weighted by atomic mass is 127.